The average Bonchev–Trinajstić information content (AvgIpc) is 2.20. The van der Waals surface area contributed by atoms with Gasteiger partial charge in [-0.3, -0.25) is 0 Å². The van der Waals surface area contributed by atoms with E-state index >= 15 is 0 Å². The van der Waals surface area contributed by atoms with Crippen molar-refractivity contribution in [1.29, 1.82) is 0 Å². The molecule has 0 spiro atoms. The van der Waals surface area contributed by atoms with Crippen molar-refractivity contribution in [2.24, 2.45) is 11.7 Å². The van der Waals surface area contributed by atoms with Crippen LogP contribution in [0.3, 0.4) is 0 Å². The minimum atomic E-state index is -0.0156. The van der Waals surface area contributed by atoms with Crippen molar-refractivity contribution in [3.63, 3.8) is 0 Å². The van der Waals surface area contributed by atoms with Crippen LogP contribution in [0.2, 0.25) is 5.02 Å². The Balaban J connectivity index is 2.91. The SMILES string of the molecule is CCC(C)[C@H](N)c1ccc(O)c(Cl)c1. The fraction of sp³-hybridized carbons (Fsp3) is 0.455. The Morgan fingerprint density at radius 3 is 2.64 bits per heavy atom. The second-order valence-corrected chi connectivity index (χ2v) is 4.03. The fourth-order valence-corrected chi connectivity index (χ4v) is 1.50. The lowest BCUT2D eigenvalue weighted by Crippen LogP contribution is -2.18. The highest BCUT2D eigenvalue weighted by molar-refractivity contribution is 6.32. The molecule has 2 nitrogen and oxygen atoms in total. The van der Waals surface area contributed by atoms with Crippen LogP contribution in [-0.4, -0.2) is 5.11 Å². The summed E-state index contributed by atoms with van der Waals surface area (Å²) in [5, 5.41) is 9.61. The first kappa shape index (κ1) is 11.3. The molecule has 2 atom stereocenters. The van der Waals surface area contributed by atoms with Gasteiger partial charge in [-0.25, -0.2) is 0 Å². The summed E-state index contributed by atoms with van der Waals surface area (Å²) in [4.78, 5) is 0. The van der Waals surface area contributed by atoms with Crippen LogP contribution in [-0.2, 0) is 0 Å². The summed E-state index contributed by atoms with van der Waals surface area (Å²) in [5.41, 5.74) is 7.00. The van der Waals surface area contributed by atoms with Gasteiger partial charge in [0.2, 0.25) is 0 Å². The summed E-state index contributed by atoms with van der Waals surface area (Å²) in [5.74, 6) is 0.516. The molecule has 3 N–H and O–H groups in total. The summed E-state index contributed by atoms with van der Waals surface area (Å²) in [6.45, 7) is 4.21. The molecule has 78 valence electrons. The molecule has 1 unspecified atom stereocenters. The van der Waals surface area contributed by atoms with E-state index in [-0.39, 0.29) is 11.8 Å². The topological polar surface area (TPSA) is 46.2 Å². The number of hydrogen-bond acceptors (Lipinski definition) is 2. The van der Waals surface area contributed by atoms with Gasteiger partial charge in [-0.2, -0.15) is 0 Å². The third-order valence-electron chi connectivity index (χ3n) is 2.61. The van der Waals surface area contributed by atoms with Crippen LogP contribution < -0.4 is 5.73 Å². The molecule has 3 heteroatoms. The second-order valence-electron chi connectivity index (χ2n) is 3.62. The Hall–Kier alpha value is -0.730. The van der Waals surface area contributed by atoms with Gasteiger partial charge in [0.15, 0.2) is 0 Å². The van der Waals surface area contributed by atoms with E-state index in [1.54, 1.807) is 12.1 Å². The van der Waals surface area contributed by atoms with Gasteiger partial charge < -0.3 is 10.8 Å². The molecular weight excluding hydrogens is 198 g/mol. The fourth-order valence-electron chi connectivity index (χ4n) is 1.31. The molecule has 0 bridgehead atoms. The standard InChI is InChI=1S/C11H16ClNO/c1-3-7(2)11(13)8-4-5-10(14)9(12)6-8/h4-7,11,14H,3,13H2,1-2H3/t7?,11-/m0/s1. The zero-order valence-corrected chi connectivity index (χ0v) is 9.25. The molecule has 0 fully saturated rings. The Bertz CT molecular complexity index is 314. The van der Waals surface area contributed by atoms with Crippen LogP contribution in [0.4, 0.5) is 0 Å². The monoisotopic (exact) mass is 213 g/mol. The zero-order chi connectivity index (χ0) is 10.7. The van der Waals surface area contributed by atoms with E-state index in [0.29, 0.717) is 10.9 Å². The highest BCUT2D eigenvalue weighted by atomic mass is 35.5. The average molecular weight is 214 g/mol. The van der Waals surface area contributed by atoms with Gasteiger partial charge in [0.1, 0.15) is 5.75 Å². The van der Waals surface area contributed by atoms with Crippen LogP contribution in [0.5, 0.6) is 5.75 Å². The molecule has 0 heterocycles. The summed E-state index contributed by atoms with van der Waals surface area (Å²) in [7, 11) is 0. The van der Waals surface area contributed by atoms with Gasteiger partial charge in [-0.15, -0.1) is 0 Å². The van der Waals surface area contributed by atoms with Crippen LogP contribution in [0.1, 0.15) is 31.9 Å². The third kappa shape index (κ3) is 2.40. The molecule has 0 aliphatic carbocycles. The van der Waals surface area contributed by atoms with Gasteiger partial charge in [0, 0.05) is 6.04 Å². The van der Waals surface area contributed by atoms with Crippen LogP contribution in [0, 0.1) is 5.92 Å². The number of halogens is 1. The molecule has 0 aromatic heterocycles. The molecule has 1 rings (SSSR count). The maximum absolute atomic E-state index is 9.25. The Morgan fingerprint density at radius 1 is 1.50 bits per heavy atom. The lowest BCUT2D eigenvalue weighted by Gasteiger charge is -2.18. The molecule has 0 radical (unpaired) electrons. The van der Waals surface area contributed by atoms with E-state index < -0.39 is 0 Å². The summed E-state index contributed by atoms with van der Waals surface area (Å²) < 4.78 is 0. The summed E-state index contributed by atoms with van der Waals surface area (Å²) in [6.07, 6.45) is 1.03. The van der Waals surface area contributed by atoms with E-state index in [9.17, 15) is 5.11 Å². The maximum Gasteiger partial charge on any atom is 0.134 e. The van der Waals surface area contributed by atoms with Gasteiger partial charge in [0.25, 0.3) is 0 Å². The van der Waals surface area contributed by atoms with E-state index in [1.807, 2.05) is 6.07 Å². The smallest absolute Gasteiger partial charge is 0.134 e. The number of phenols is 1. The number of aromatic hydroxyl groups is 1. The van der Waals surface area contributed by atoms with Gasteiger partial charge in [-0.1, -0.05) is 37.9 Å². The van der Waals surface area contributed by atoms with Crippen molar-refractivity contribution >= 4 is 11.6 Å². The predicted octanol–water partition coefficient (Wildman–Crippen LogP) is 3.09. The zero-order valence-electron chi connectivity index (χ0n) is 8.50. The van der Waals surface area contributed by atoms with E-state index in [1.165, 1.54) is 0 Å². The van der Waals surface area contributed by atoms with Crippen LogP contribution >= 0.6 is 11.6 Å². The first-order valence-corrected chi connectivity index (χ1v) is 5.18. The molecule has 0 aliphatic heterocycles. The van der Waals surface area contributed by atoms with Gasteiger partial charge in [-0.05, 0) is 23.6 Å². The molecule has 0 saturated heterocycles. The third-order valence-corrected chi connectivity index (χ3v) is 2.92. The predicted molar refractivity (Wildman–Crippen MR) is 59.5 cm³/mol. The van der Waals surface area contributed by atoms with Gasteiger partial charge >= 0.3 is 0 Å². The lowest BCUT2D eigenvalue weighted by atomic mass is 9.93. The van der Waals surface area contributed by atoms with Crippen molar-refractivity contribution in [1.82, 2.24) is 0 Å². The minimum Gasteiger partial charge on any atom is -0.506 e. The molecular formula is C11H16ClNO. The molecule has 1 aromatic rings. The Labute approximate surface area is 89.7 Å². The Kier molecular flexibility index (Phi) is 3.78. The quantitative estimate of drug-likeness (QED) is 0.811. The maximum atomic E-state index is 9.25. The van der Waals surface area contributed by atoms with E-state index in [4.69, 9.17) is 17.3 Å². The summed E-state index contributed by atoms with van der Waals surface area (Å²) >= 11 is 5.80. The molecule has 0 saturated carbocycles. The van der Waals surface area contributed by atoms with Crippen molar-refractivity contribution in [2.75, 3.05) is 0 Å². The number of phenolic OH excluding ortho intramolecular Hbond substituents is 1. The lowest BCUT2D eigenvalue weighted by molar-refractivity contribution is 0.453. The second kappa shape index (κ2) is 4.67. The minimum absolute atomic E-state index is 0.0156. The number of hydrogen-bond donors (Lipinski definition) is 2. The first-order chi connectivity index (χ1) is 6.56. The van der Waals surface area contributed by atoms with Crippen LogP contribution in [0.15, 0.2) is 18.2 Å². The van der Waals surface area contributed by atoms with Crippen molar-refractivity contribution < 1.29 is 5.11 Å². The first-order valence-electron chi connectivity index (χ1n) is 4.80. The van der Waals surface area contributed by atoms with Crippen molar-refractivity contribution in [3.8, 4) is 5.75 Å². The highest BCUT2D eigenvalue weighted by Gasteiger charge is 2.13. The normalized spacial score (nSPS) is 15.1. The van der Waals surface area contributed by atoms with Crippen molar-refractivity contribution in [3.05, 3.63) is 28.8 Å². The molecule has 1 aromatic carbocycles. The van der Waals surface area contributed by atoms with Crippen LogP contribution in [0.25, 0.3) is 0 Å². The number of rotatable bonds is 3. The van der Waals surface area contributed by atoms with E-state index in [0.717, 1.165) is 12.0 Å². The number of benzene rings is 1. The van der Waals surface area contributed by atoms with Gasteiger partial charge in [0.05, 0.1) is 5.02 Å². The molecule has 0 aliphatic rings. The summed E-state index contributed by atoms with van der Waals surface area (Å²) in [6, 6.07) is 5.11. The number of nitrogens with two attached hydrogens (primary N) is 1. The Morgan fingerprint density at radius 2 is 2.14 bits per heavy atom. The molecule has 14 heavy (non-hydrogen) atoms. The largest absolute Gasteiger partial charge is 0.506 e. The van der Waals surface area contributed by atoms with Crippen molar-refractivity contribution in [2.45, 2.75) is 26.3 Å². The van der Waals surface area contributed by atoms with E-state index in [2.05, 4.69) is 13.8 Å². The highest BCUT2D eigenvalue weighted by Crippen LogP contribution is 2.29. The molecule has 0 amide bonds.